The van der Waals surface area contributed by atoms with Crippen molar-refractivity contribution in [2.24, 2.45) is 0 Å². The van der Waals surface area contributed by atoms with Gasteiger partial charge in [-0.05, 0) is 18.1 Å². The molecule has 1 aromatic heterocycles. The Bertz CT molecular complexity index is 389. The number of aliphatic hydroxyl groups excluding tert-OH is 1. The molecule has 0 unspecified atom stereocenters. The summed E-state index contributed by atoms with van der Waals surface area (Å²) in [4.78, 5) is 11.0. The molecule has 5 nitrogen and oxygen atoms in total. The Labute approximate surface area is 87.1 Å². The van der Waals surface area contributed by atoms with Gasteiger partial charge in [-0.25, -0.2) is 4.79 Å². The van der Waals surface area contributed by atoms with Crippen LogP contribution in [-0.4, -0.2) is 35.0 Å². The highest BCUT2D eigenvalue weighted by Crippen LogP contribution is 1.96. The van der Waals surface area contributed by atoms with Gasteiger partial charge in [0.15, 0.2) is 5.69 Å². The van der Waals surface area contributed by atoms with E-state index >= 15 is 0 Å². The Balaban J connectivity index is 2.73. The van der Waals surface area contributed by atoms with Crippen LogP contribution in [0.3, 0.4) is 0 Å². The van der Waals surface area contributed by atoms with E-state index in [1.165, 1.54) is 13.2 Å². The summed E-state index contributed by atoms with van der Waals surface area (Å²) in [6.45, 7) is 0.0146. The molecule has 0 atom stereocenters. The average Bonchev–Trinajstić information content (AvgIpc) is 2.29. The van der Waals surface area contributed by atoms with Crippen molar-refractivity contribution >= 4 is 5.97 Å². The lowest BCUT2D eigenvalue weighted by atomic mass is 10.3. The number of hydrogen-bond donors (Lipinski definition) is 1. The summed E-state index contributed by atoms with van der Waals surface area (Å²) in [5, 5.41) is 15.8. The molecule has 78 valence electrons. The summed E-state index contributed by atoms with van der Waals surface area (Å²) in [6.07, 6.45) is 0.389. The van der Waals surface area contributed by atoms with Gasteiger partial charge in [-0.15, -0.1) is 10.2 Å². The second-order valence-corrected chi connectivity index (χ2v) is 2.57. The molecular weight excluding hydrogens is 196 g/mol. The lowest BCUT2D eigenvalue weighted by Gasteiger charge is -1.95. The van der Waals surface area contributed by atoms with E-state index in [1.807, 2.05) is 0 Å². The topological polar surface area (TPSA) is 72.3 Å². The van der Waals surface area contributed by atoms with E-state index in [9.17, 15) is 4.79 Å². The fourth-order valence-electron chi connectivity index (χ4n) is 0.821. The molecule has 5 heteroatoms. The highest BCUT2D eigenvalue weighted by molar-refractivity contribution is 5.86. The van der Waals surface area contributed by atoms with E-state index in [1.54, 1.807) is 6.07 Å². The van der Waals surface area contributed by atoms with Crippen molar-refractivity contribution in [1.82, 2.24) is 10.2 Å². The van der Waals surface area contributed by atoms with Gasteiger partial charge in [-0.1, -0.05) is 5.92 Å². The Morgan fingerprint density at radius 2 is 2.33 bits per heavy atom. The number of hydrogen-bond acceptors (Lipinski definition) is 5. The van der Waals surface area contributed by atoms with Crippen molar-refractivity contribution in [2.45, 2.75) is 6.42 Å². The van der Waals surface area contributed by atoms with Gasteiger partial charge in [0.05, 0.1) is 13.7 Å². The zero-order valence-electron chi connectivity index (χ0n) is 8.23. The highest BCUT2D eigenvalue weighted by Gasteiger charge is 2.06. The van der Waals surface area contributed by atoms with Crippen LogP contribution in [0.25, 0.3) is 0 Å². The molecule has 15 heavy (non-hydrogen) atoms. The van der Waals surface area contributed by atoms with E-state index in [2.05, 4.69) is 26.8 Å². The third-order valence-electron chi connectivity index (χ3n) is 1.51. The normalized spacial score (nSPS) is 8.93. The molecule has 0 amide bonds. The summed E-state index contributed by atoms with van der Waals surface area (Å²) in [5.41, 5.74) is 0.598. The van der Waals surface area contributed by atoms with Crippen LogP contribution in [0.2, 0.25) is 0 Å². The molecule has 0 aromatic carbocycles. The largest absolute Gasteiger partial charge is 0.464 e. The predicted octanol–water partition coefficient (Wildman–Crippen LogP) is -0.00290. The third kappa shape index (κ3) is 3.37. The zero-order valence-corrected chi connectivity index (χ0v) is 8.23. The molecule has 1 aromatic rings. The summed E-state index contributed by atoms with van der Waals surface area (Å²) in [7, 11) is 1.28. The van der Waals surface area contributed by atoms with E-state index in [0.717, 1.165) is 0 Å². The van der Waals surface area contributed by atoms with Crippen molar-refractivity contribution in [3.8, 4) is 11.8 Å². The summed E-state index contributed by atoms with van der Waals surface area (Å²) in [5.74, 6) is 4.86. The smallest absolute Gasteiger partial charge is 0.358 e. The van der Waals surface area contributed by atoms with E-state index in [0.29, 0.717) is 12.1 Å². The number of aliphatic hydroxyl groups is 1. The molecule has 0 bridgehead atoms. The van der Waals surface area contributed by atoms with Crippen LogP contribution in [0, 0.1) is 11.8 Å². The standard InChI is InChI=1S/C10H10N2O3/c1-15-10(14)9-6-5-8(11-12-9)4-2-3-7-13/h5-6,13H,3,7H2,1H3. The first-order chi connectivity index (χ1) is 7.27. The Morgan fingerprint density at radius 1 is 1.53 bits per heavy atom. The summed E-state index contributed by atoms with van der Waals surface area (Å²) >= 11 is 0. The van der Waals surface area contributed by atoms with Gasteiger partial charge < -0.3 is 9.84 Å². The molecule has 1 rings (SSSR count). The van der Waals surface area contributed by atoms with Crippen molar-refractivity contribution in [3.63, 3.8) is 0 Å². The first-order valence-corrected chi connectivity index (χ1v) is 4.29. The van der Waals surface area contributed by atoms with Crippen LogP contribution < -0.4 is 0 Å². The van der Waals surface area contributed by atoms with E-state index in [4.69, 9.17) is 5.11 Å². The van der Waals surface area contributed by atoms with Crippen LogP contribution in [0.1, 0.15) is 22.6 Å². The number of esters is 1. The zero-order chi connectivity index (χ0) is 11.1. The van der Waals surface area contributed by atoms with Crippen molar-refractivity contribution in [1.29, 1.82) is 0 Å². The quantitative estimate of drug-likeness (QED) is 0.544. The van der Waals surface area contributed by atoms with Crippen LogP contribution in [0.15, 0.2) is 12.1 Å². The molecule has 0 aliphatic rings. The van der Waals surface area contributed by atoms with Crippen LogP contribution in [0.5, 0.6) is 0 Å². The number of methoxy groups -OCH3 is 1. The lowest BCUT2D eigenvalue weighted by molar-refractivity contribution is 0.0592. The van der Waals surface area contributed by atoms with Gasteiger partial charge in [0.25, 0.3) is 0 Å². The second kappa shape index (κ2) is 5.73. The summed E-state index contributed by atoms with van der Waals surface area (Å²) < 4.78 is 4.46. The number of aromatic nitrogens is 2. The van der Waals surface area contributed by atoms with Crippen molar-refractivity contribution < 1.29 is 14.6 Å². The van der Waals surface area contributed by atoms with Gasteiger partial charge in [0.1, 0.15) is 5.69 Å². The Morgan fingerprint density at radius 3 is 2.87 bits per heavy atom. The molecule has 0 fully saturated rings. The SMILES string of the molecule is COC(=O)c1ccc(C#CCCO)nn1. The maximum Gasteiger partial charge on any atom is 0.358 e. The first kappa shape index (κ1) is 11.1. The van der Waals surface area contributed by atoms with E-state index < -0.39 is 5.97 Å². The Hall–Kier alpha value is -1.93. The van der Waals surface area contributed by atoms with Gasteiger partial charge in [-0.3, -0.25) is 0 Å². The first-order valence-electron chi connectivity index (χ1n) is 4.29. The van der Waals surface area contributed by atoms with Gasteiger partial charge in [0.2, 0.25) is 0 Å². The molecule has 0 radical (unpaired) electrons. The van der Waals surface area contributed by atoms with Gasteiger partial charge in [0, 0.05) is 6.42 Å². The second-order valence-electron chi connectivity index (χ2n) is 2.57. The van der Waals surface area contributed by atoms with Gasteiger partial charge in [-0.2, -0.15) is 0 Å². The Kier molecular flexibility index (Phi) is 4.26. The highest BCUT2D eigenvalue weighted by atomic mass is 16.5. The maximum absolute atomic E-state index is 11.0. The fraction of sp³-hybridized carbons (Fsp3) is 0.300. The molecule has 0 saturated carbocycles. The molecule has 0 saturated heterocycles. The number of ether oxygens (including phenoxy) is 1. The fourth-order valence-corrected chi connectivity index (χ4v) is 0.821. The summed E-state index contributed by atoms with van der Waals surface area (Å²) in [6, 6.07) is 3.06. The molecule has 1 N–H and O–H groups in total. The number of nitrogens with zero attached hydrogens (tertiary/aromatic N) is 2. The molecule has 1 heterocycles. The van der Waals surface area contributed by atoms with Crippen molar-refractivity contribution in [3.05, 3.63) is 23.5 Å². The maximum atomic E-state index is 11.0. The molecule has 0 aliphatic carbocycles. The number of carbonyl (C=O) groups is 1. The van der Waals surface area contributed by atoms with Gasteiger partial charge >= 0.3 is 5.97 Å². The number of carbonyl (C=O) groups excluding carboxylic acids is 1. The van der Waals surface area contributed by atoms with E-state index in [-0.39, 0.29) is 12.3 Å². The third-order valence-corrected chi connectivity index (χ3v) is 1.51. The minimum Gasteiger partial charge on any atom is -0.464 e. The van der Waals surface area contributed by atoms with Crippen LogP contribution in [-0.2, 0) is 4.74 Å². The minimum absolute atomic E-state index is 0.0146. The van der Waals surface area contributed by atoms with Crippen molar-refractivity contribution in [2.75, 3.05) is 13.7 Å². The lowest BCUT2D eigenvalue weighted by Crippen LogP contribution is -2.05. The number of rotatable bonds is 2. The molecule has 0 spiro atoms. The monoisotopic (exact) mass is 206 g/mol. The predicted molar refractivity (Wildman–Crippen MR) is 52.0 cm³/mol. The average molecular weight is 206 g/mol. The minimum atomic E-state index is -0.530. The van der Waals surface area contributed by atoms with Crippen LogP contribution in [0.4, 0.5) is 0 Å². The van der Waals surface area contributed by atoms with Crippen LogP contribution >= 0.6 is 0 Å². The molecular formula is C10H10N2O3. The molecule has 0 aliphatic heterocycles.